The molecule has 0 aliphatic carbocycles. The van der Waals surface area contributed by atoms with Gasteiger partial charge in [-0.15, -0.1) is 0 Å². The molecule has 0 aromatic heterocycles. The lowest BCUT2D eigenvalue weighted by Crippen LogP contribution is -2.21. The van der Waals surface area contributed by atoms with Crippen molar-refractivity contribution >= 4 is 0 Å². The molecule has 0 aromatic rings. The molecule has 1 aliphatic heterocycles. The second kappa shape index (κ2) is 7.03. The van der Waals surface area contributed by atoms with Crippen molar-refractivity contribution in [2.45, 2.75) is 26.7 Å². The van der Waals surface area contributed by atoms with Crippen molar-refractivity contribution in [2.75, 3.05) is 26.9 Å². The lowest BCUT2D eigenvalue weighted by atomic mass is 10.4. The molecule has 0 bridgehead atoms. The molecule has 10 heavy (non-hydrogen) atoms. The first kappa shape index (κ1) is 9.92. The zero-order valence-corrected chi connectivity index (χ0v) is 7.39. The van der Waals surface area contributed by atoms with Crippen LogP contribution >= 0.6 is 0 Å². The van der Waals surface area contributed by atoms with Crippen LogP contribution in [0.5, 0.6) is 0 Å². The third kappa shape index (κ3) is 3.85. The number of hydrogen-bond donors (Lipinski definition) is 0. The monoisotopic (exact) mass is 145 g/mol. The van der Waals surface area contributed by atoms with Gasteiger partial charge in [-0.25, -0.2) is 0 Å². The van der Waals surface area contributed by atoms with Gasteiger partial charge in [-0.3, -0.25) is 4.90 Å². The minimum atomic E-state index is 0.819. The summed E-state index contributed by atoms with van der Waals surface area (Å²) < 4.78 is 4.95. The number of nitrogens with zero attached hydrogens (tertiary/aromatic N) is 1. The highest BCUT2D eigenvalue weighted by Gasteiger charge is 2.09. The molecule has 0 amide bonds. The molecule has 0 N–H and O–H groups in total. The van der Waals surface area contributed by atoms with Crippen LogP contribution in [0.25, 0.3) is 0 Å². The van der Waals surface area contributed by atoms with Gasteiger partial charge in [0.15, 0.2) is 0 Å². The summed E-state index contributed by atoms with van der Waals surface area (Å²) in [5.41, 5.74) is 0. The Hall–Kier alpha value is -0.0800. The number of rotatable bonds is 2. The lowest BCUT2D eigenvalue weighted by Gasteiger charge is -2.11. The van der Waals surface area contributed by atoms with Crippen molar-refractivity contribution in [3.05, 3.63) is 0 Å². The van der Waals surface area contributed by atoms with Gasteiger partial charge in [-0.2, -0.15) is 0 Å². The van der Waals surface area contributed by atoms with Gasteiger partial charge >= 0.3 is 0 Å². The minimum Gasteiger partial charge on any atom is -0.369 e. The fourth-order valence-electron chi connectivity index (χ4n) is 1.09. The SMILES string of the molecule is CC.COCN1CCCC1. The number of hydrogen-bond acceptors (Lipinski definition) is 2. The normalized spacial score (nSPS) is 18.3. The molecule has 1 heterocycles. The van der Waals surface area contributed by atoms with Crippen LogP contribution in [0.1, 0.15) is 26.7 Å². The van der Waals surface area contributed by atoms with Crippen LogP contribution in [-0.4, -0.2) is 31.8 Å². The topological polar surface area (TPSA) is 12.5 Å². The molecule has 0 saturated carbocycles. The highest BCUT2D eigenvalue weighted by Crippen LogP contribution is 2.05. The van der Waals surface area contributed by atoms with Crippen molar-refractivity contribution in [3.8, 4) is 0 Å². The molecule has 62 valence electrons. The molecule has 1 saturated heterocycles. The first-order valence-electron chi connectivity index (χ1n) is 4.15. The van der Waals surface area contributed by atoms with Crippen LogP contribution in [0.3, 0.4) is 0 Å². The molecule has 1 fully saturated rings. The molecule has 0 atom stereocenters. The van der Waals surface area contributed by atoms with E-state index in [1.807, 2.05) is 13.8 Å². The van der Waals surface area contributed by atoms with Crippen molar-refractivity contribution in [1.82, 2.24) is 4.90 Å². The molecule has 0 spiro atoms. The van der Waals surface area contributed by atoms with Gasteiger partial charge < -0.3 is 4.74 Å². The van der Waals surface area contributed by atoms with Crippen LogP contribution in [0.4, 0.5) is 0 Å². The van der Waals surface area contributed by atoms with Crippen LogP contribution < -0.4 is 0 Å². The van der Waals surface area contributed by atoms with Crippen molar-refractivity contribution in [3.63, 3.8) is 0 Å². The Morgan fingerprint density at radius 1 is 1.20 bits per heavy atom. The van der Waals surface area contributed by atoms with Crippen molar-refractivity contribution in [2.24, 2.45) is 0 Å². The van der Waals surface area contributed by atoms with Crippen LogP contribution in [0.15, 0.2) is 0 Å². The summed E-state index contributed by atoms with van der Waals surface area (Å²) in [6, 6.07) is 0. The summed E-state index contributed by atoms with van der Waals surface area (Å²) in [5.74, 6) is 0. The van der Waals surface area contributed by atoms with Gasteiger partial charge in [-0.05, 0) is 12.8 Å². The van der Waals surface area contributed by atoms with Gasteiger partial charge in [0.25, 0.3) is 0 Å². The Kier molecular flexibility index (Phi) is 6.98. The smallest absolute Gasteiger partial charge is 0.0986 e. The molecule has 0 aromatic carbocycles. The summed E-state index contributed by atoms with van der Waals surface area (Å²) in [7, 11) is 1.75. The van der Waals surface area contributed by atoms with Crippen LogP contribution in [0, 0.1) is 0 Å². The fourth-order valence-corrected chi connectivity index (χ4v) is 1.09. The van der Waals surface area contributed by atoms with Gasteiger partial charge in [-0.1, -0.05) is 13.8 Å². The Bertz CT molecular complexity index is 60.3. The summed E-state index contributed by atoms with van der Waals surface area (Å²) in [5, 5.41) is 0. The molecule has 1 aliphatic rings. The molecular weight excluding hydrogens is 126 g/mol. The van der Waals surface area contributed by atoms with E-state index in [4.69, 9.17) is 4.74 Å². The van der Waals surface area contributed by atoms with E-state index in [9.17, 15) is 0 Å². The average molecular weight is 145 g/mol. The number of likely N-dealkylation sites (tertiary alicyclic amines) is 1. The maximum atomic E-state index is 4.95. The summed E-state index contributed by atoms with van der Waals surface area (Å²) in [4.78, 5) is 2.32. The molecule has 2 nitrogen and oxygen atoms in total. The van der Waals surface area contributed by atoms with Gasteiger partial charge in [0.2, 0.25) is 0 Å². The third-order valence-corrected chi connectivity index (χ3v) is 1.51. The largest absolute Gasteiger partial charge is 0.369 e. The second-order valence-electron chi connectivity index (χ2n) is 2.24. The zero-order valence-electron chi connectivity index (χ0n) is 7.39. The minimum absolute atomic E-state index is 0.819. The van der Waals surface area contributed by atoms with E-state index in [1.165, 1.54) is 25.9 Å². The van der Waals surface area contributed by atoms with Crippen LogP contribution in [0.2, 0.25) is 0 Å². The maximum absolute atomic E-state index is 4.95. The lowest BCUT2D eigenvalue weighted by molar-refractivity contribution is 0.0807. The second-order valence-corrected chi connectivity index (χ2v) is 2.24. The Morgan fingerprint density at radius 2 is 1.70 bits per heavy atom. The number of ether oxygens (including phenoxy) is 1. The quantitative estimate of drug-likeness (QED) is 0.586. The van der Waals surface area contributed by atoms with Crippen molar-refractivity contribution < 1.29 is 4.74 Å². The predicted molar refractivity (Wildman–Crippen MR) is 44.0 cm³/mol. The maximum Gasteiger partial charge on any atom is 0.0986 e. The average Bonchev–Trinajstić information content (AvgIpc) is 2.46. The van der Waals surface area contributed by atoms with Gasteiger partial charge in [0.05, 0.1) is 6.73 Å². The van der Waals surface area contributed by atoms with E-state index in [0.717, 1.165) is 6.73 Å². The Morgan fingerprint density at radius 3 is 2.10 bits per heavy atom. The van der Waals surface area contributed by atoms with Gasteiger partial charge in [0.1, 0.15) is 0 Å². The first-order valence-corrected chi connectivity index (χ1v) is 4.15. The van der Waals surface area contributed by atoms with E-state index >= 15 is 0 Å². The van der Waals surface area contributed by atoms with Crippen molar-refractivity contribution in [1.29, 1.82) is 0 Å². The predicted octanol–water partition coefficient (Wildman–Crippen LogP) is 1.71. The summed E-state index contributed by atoms with van der Waals surface area (Å²) in [6.45, 7) is 7.28. The van der Waals surface area contributed by atoms with E-state index in [1.54, 1.807) is 7.11 Å². The number of methoxy groups -OCH3 is 1. The highest BCUT2D eigenvalue weighted by molar-refractivity contribution is 4.61. The van der Waals surface area contributed by atoms with E-state index in [-0.39, 0.29) is 0 Å². The molecule has 0 radical (unpaired) electrons. The van der Waals surface area contributed by atoms with E-state index in [2.05, 4.69) is 4.90 Å². The van der Waals surface area contributed by atoms with Crippen LogP contribution in [-0.2, 0) is 4.74 Å². The van der Waals surface area contributed by atoms with E-state index < -0.39 is 0 Å². The highest BCUT2D eigenvalue weighted by atomic mass is 16.5. The first-order chi connectivity index (χ1) is 4.93. The molecule has 2 heteroatoms. The molecular formula is C8H19NO. The molecule has 1 rings (SSSR count). The molecule has 0 unspecified atom stereocenters. The Balaban J connectivity index is 0.000000371. The standard InChI is InChI=1S/C6H13NO.C2H6/c1-8-6-7-4-2-3-5-7;1-2/h2-6H2,1H3;1-2H3. The Labute approximate surface area is 64.2 Å². The summed E-state index contributed by atoms with van der Waals surface area (Å²) in [6.07, 6.45) is 2.70. The van der Waals surface area contributed by atoms with E-state index in [0.29, 0.717) is 0 Å². The third-order valence-electron chi connectivity index (χ3n) is 1.51. The van der Waals surface area contributed by atoms with Gasteiger partial charge in [0, 0.05) is 20.2 Å². The summed E-state index contributed by atoms with van der Waals surface area (Å²) >= 11 is 0. The zero-order chi connectivity index (χ0) is 7.82. The fraction of sp³-hybridized carbons (Fsp3) is 1.00.